The highest BCUT2D eigenvalue weighted by molar-refractivity contribution is 9.10. The zero-order chi connectivity index (χ0) is 28.4. The highest BCUT2D eigenvalue weighted by Crippen LogP contribution is 2.23. The fourth-order valence-corrected chi connectivity index (χ4v) is 5.31. The van der Waals surface area contributed by atoms with Crippen LogP contribution in [-0.2, 0) is 32.6 Å². The summed E-state index contributed by atoms with van der Waals surface area (Å²) in [4.78, 5) is 29.0. The third-order valence-corrected chi connectivity index (χ3v) is 8.08. The van der Waals surface area contributed by atoms with E-state index in [4.69, 9.17) is 11.6 Å². The summed E-state index contributed by atoms with van der Waals surface area (Å²) in [5, 5.41) is 3.51. The zero-order valence-electron chi connectivity index (χ0n) is 22.0. The summed E-state index contributed by atoms with van der Waals surface area (Å²) >= 11 is 9.44. The van der Waals surface area contributed by atoms with E-state index in [1.807, 2.05) is 37.3 Å². The van der Waals surface area contributed by atoms with E-state index in [2.05, 4.69) is 21.2 Å². The maximum absolute atomic E-state index is 14.0. The Bertz CT molecular complexity index is 1340. The number of hydrogen-bond donors (Lipinski definition) is 1. The lowest BCUT2D eigenvalue weighted by atomic mass is 10.0. The second-order valence-electron chi connectivity index (χ2n) is 9.24. The van der Waals surface area contributed by atoms with Crippen molar-refractivity contribution in [1.29, 1.82) is 0 Å². The van der Waals surface area contributed by atoms with Crippen LogP contribution in [0.15, 0.2) is 83.3 Å². The van der Waals surface area contributed by atoms with E-state index in [1.54, 1.807) is 48.5 Å². The summed E-state index contributed by atoms with van der Waals surface area (Å²) in [6, 6.07) is 22.3. The summed E-state index contributed by atoms with van der Waals surface area (Å²) in [6.45, 7) is 2.16. The molecule has 208 valence electrons. The molecule has 0 aliphatic heterocycles. The molecule has 0 saturated heterocycles. The number of nitrogens with zero attached hydrogens (tertiary/aromatic N) is 2. The highest BCUT2D eigenvalue weighted by atomic mass is 79.9. The quantitative estimate of drug-likeness (QED) is 0.254. The lowest BCUT2D eigenvalue weighted by Gasteiger charge is -2.33. The van der Waals surface area contributed by atoms with Crippen LogP contribution >= 0.6 is 27.5 Å². The number of carbonyl (C=O) groups excluding carboxylic acids is 2. The molecular formula is C29H33BrClN3O4S. The Morgan fingerprint density at radius 3 is 2.18 bits per heavy atom. The van der Waals surface area contributed by atoms with Crippen molar-refractivity contribution in [1.82, 2.24) is 10.2 Å². The van der Waals surface area contributed by atoms with E-state index in [0.717, 1.165) is 39.0 Å². The van der Waals surface area contributed by atoms with Crippen molar-refractivity contribution in [3.8, 4) is 0 Å². The Balaban J connectivity index is 2.01. The number of unbranched alkanes of at least 4 members (excludes halogenated alkanes) is 1. The number of rotatable bonds is 13. The van der Waals surface area contributed by atoms with E-state index in [9.17, 15) is 18.0 Å². The number of sulfonamides is 1. The number of hydrogen-bond acceptors (Lipinski definition) is 4. The van der Waals surface area contributed by atoms with Gasteiger partial charge in [0.25, 0.3) is 0 Å². The van der Waals surface area contributed by atoms with Crippen LogP contribution in [0.4, 0.5) is 5.69 Å². The second kappa shape index (κ2) is 14.5. The van der Waals surface area contributed by atoms with Crippen molar-refractivity contribution >= 4 is 55.1 Å². The maximum atomic E-state index is 14.0. The number of amides is 2. The summed E-state index contributed by atoms with van der Waals surface area (Å²) < 4.78 is 27.4. The molecule has 39 heavy (non-hydrogen) atoms. The molecule has 0 aromatic heterocycles. The van der Waals surface area contributed by atoms with Gasteiger partial charge >= 0.3 is 0 Å². The molecule has 0 spiro atoms. The molecule has 0 saturated carbocycles. The van der Waals surface area contributed by atoms with E-state index in [-0.39, 0.29) is 18.9 Å². The largest absolute Gasteiger partial charge is 0.354 e. The average molecular weight is 635 g/mol. The molecule has 0 radical (unpaired) electrons. The molecular weight excluding hydrogens is 602 g/mol. The van der Waals surface area contributed by atoms with Gasteiger partial charge in [0.1, 0.15) is 12.6 Å². The van der Waals surface area contributed by atoms with Crippen LogP contribution in [0.25, 0.3) is 0 Å². The van der Waals surface area contributed by atoms with Crippen molar-refractivity contribution in [3.63, 3.8) is 0 Å². The van der Waals surface area contributed by atoms with Crippen LogP contribution < -0.4 is 9.62 Å². The summed E-state index contributed by atoms with van der Waals surface area (Å²) in [6.07, 6.45) is 3.05. The molecule has 3 aromatic carbocycles. The van der Waals surface area contributed by atoms with E-state index in [1.165, 1.54) is 4.90 Å². The van der Waals surface area contributed by atoms with Gasteiger partial charge in [0.2, 0.25) is 21.8 Å². The zero-order valence-corrected chi connectivity index (χ0v) is 25.2. The molecule has 3 aromatic rings. The minimum atomic E-state index is -3.81. The predicted molar refractivity (Wildman–Crippen MR) is 160 cm³/mol. The van der Waals surface area contributed by atoms with Gasteiger partial charge in [-0.15, -0.1) is 0 Å². The van der Waals surface area contributed by atoms with Gasteiger partial charge in [-0.2, -0.15) is 0 Å². The molecule has 3 rings (SSSR count). The van der Waals surface area contributed by atoms with Gasteiger partial charge < -0.3 is 10.2 Å². The molecule has 0 aliphatic carbocycles. The van der Waals surface area contributed by atoms with Crippen LogP contribution in [0.5, 0.6) is 0 Å². The van der Waals surface area contributed by atoms with Crippen molar-refractivity contribution in [2.45, 2.75) is 38.8 Å². The first-order chi connectivity index (χ1) is 18.6. The molecule has 1 N–H and O–H groups in total. The van der Waals surface area contributed by atoms with Crippen LogP contribution in [0.3, 0.4) is 0 Å². The minimum Gasteiger partial charge on any atom is -0.354 e. The molecule has 1 atom stereocenters. The minimum absolute atomic E-state index is 0.104. The first-order valence-corrected chi connectivity index (χ1v) is 15.7. The van der Waals surface area contributed by atoms with Crippen LogP contribution in [0.1, 0.15) is 30.9 Å². The highest BCUT2D eigenvalue weighted by Gasteiger charge is 2.32. The number of carbonyl (C=O) groups is 2. The van der Waals surface area contributed by atoms with E-state index >= 15 is 0 Å². The monoisotopic (exact) mass is 633 g/mol. The standard InChI is InChI=1S/C29H33BrClN3O4S/c1-3-4-18-32-29(36)27(19-22-8-6-5-7-9-22)33(20-23-10-14-25(31)15-11-23)28(35)21-34(39(2,37)38)26-16-12-24(30)13-17-26/h5-17,27H,3-4,18-21H2,1-2H3,(H,32,36)/t27-/m1/s1. The Hall–Kier alpha value is -2.88. The smallest absolute Gasteiger partial charge is 0.244 e. The van der Waals surface area contributed by atoms with Crippen LogP contribution in [0.2, 0.25) is 5.02 Å². The van der Waals surface area contributed by atoms with Gasteiger partial charge in [-0.25, -0.2) is 8.42 Å². The molecule has 0 fully saturated rings. The predicted octanol–water partition coefficient (Wildman–Crippen LogP) is 5.42. The van der Waals surface area contributed by atoms with E-state index in [0.29, 0.717) is 17.3 Å². The fraction of sp³-hybridized carbons (Fsp3) is 0.310. The van der Waals surface area contributed by atoms with E-state index < -0.39 is 28.5 Å². The molecule has 10 heteroatoms. The molecule has 0 heterocycles. The molecule has 0 unspecified atom stereocenters. The van der Waals surface area contributed by atoms with Crippen molar-refractivity contribution in [2.75, 3.05) is 23.7 Å². The SMILES string of the molecule is CCCCNC(=O)[C@@H](Cc1ccccc1)N(Cc1ccc(Cl)cc1)C(=O)CN(c1ccc(Br)cc1)S(C)(=O)=O. The van der Waals surface area contributed by atoms with Gasteiger partial charge in [-0.1, -0.05) is 83.3 Å². The number of nitrogens with one attached hydrogen (secondary N) is 1. The van der Waals surface area contributed by atoms with Gasteiger partial charge in [0.05, 0.1) is 11.9 Å². The normalized spacial score (nSPS) is 12.0. The Morgan fingerprint density at radius 2 is 1.59 bits per heavy atom. The summed E-state index contributed by atoms with van der Waals surface area (Å²) in [7, 11) is -3.81. The lowest BCUT2D eigenvalue weighted by molar-refractivity contribution is -0.140. The van der Waals surface area contributed by atoms with Gasteiger partial charge in [-0.05, 0) is 53.9 Å². The maximum Gasteiger partial charge on any atom is 0.244 e. The first-order valence-electron chi connectivity index (χ1n) is 12.7. The molecule has 2 amide bonds. The molecule has 0 bridgehead atoms. The van der Waals surface area contributed by atoms with Crippen molar-refractivity contribution < 1.29 is 18.0 Å². The van der Waals surface area contributed by atoms with Gasteiger partial charge in [-0.3, -0.25) is 13.9 Å². The fourth-order valence-electron chi connectivity index (χ4n) is 4.07. The first kappa shape index (κ1) is 30.7. The third kappa shape index (κ3) is 9.37. The third-order valence-electron chi connectivity index (χ3n) is 6.16. The average Bonchev–Trinajstić information content (AvgIpc) is 2.91. The summed E-state index contributed by atoms with van der Waals surface area (Å²) in [5.41, 5.74) is 2.00. The molecule has 0 aliphatic rings. The van der Waals surface area contributed by atoms with Crippen molar-refractivity contribution in [3.05, 3.63) is 99.5 Å². The second-order valence-corrected chi connectivity index (χ2v) is 12.5. The number of anilines is 1. The topological polar surface area (TPSA) is 86.8 Å². The number of halogens is 2. The van der Waals surface area contributed by atoms with Crippen LogP contribution in [0, 0.1) is 0 Å². The Kier molecular flexibility index (Phi) is 11.4. The Morgan fingerprint density at radius 1 is 0.949 bits per heavy atom. The van der Waals surface area contributed by atoms with Crippen LogP contribution in [-0.4, -0.2) is 50.5 Å². The summed E-state index contributed by atoms with van der Waals surface area (Å²) in [5.74, 6) is -0.783. The van der Waals surface area contributed by atoms with Gasteiger partial charge in [0.15, 0.2) is 0 Å². The number of benzene rings is 3. The van der Waals surface area contributed by atoms with Gasteiger partial charge in [0, 0.05) is 29.0 Å². The van der Waals surface area contributed by atoms with Crippen molar-refractivity contribution in [2.24, 2.45) is 0 Å². The lowest BCUT2D eigenvalue weighted by Crippen LogP contribution is -2.53. The Labute approximate surface area is 244 Å². The molecule has 7 nitrogen and oxygen atoms in total.